The highest BCUT2D eigenvalue weighted by Gasteiger charge is 2.11. The van der Waals surface area contributed by atoms with Gasteiger partial charge in [-0.05, 0) is 43.4 Å². The molecule has 2 aromatic rings. The number of aromatic nitrogens is 3. The standard InChI is InChI=1S/C19H28N6O/c1-2-20-19(21-9-3-4-11-25-14-23-24-15-25)22-10-7-16-5-6-18-17(13-16)8-12-26-18/h5-6,13-15H,2-4,7-12H2,1H3,(H2,20,21,22). The molecule has 0 spiro atoms. The van der Waals surface area contributed by atoms with E-state index in [9.17, 15) is 0 Å². The molecule has 140 valence electrons. The Kier molecular flexibility index (Phi) is 6.87. The number of nitrogens with zero attached hydrogens (tertiary/aromatic N) is 4. The fourth-order valence-corrected chi connectivity index (χ4v) is 3.00. The molecule has 7 heteroatoms. The molecule has 26 heavy (non-hydrogen) atoms. The number of rotatable bonds is 9. The zero-order valence-electron chi connectivity index (χ0n) is 15.4. The van der Waals surface area contributed by atoms with Crippen molar-refractivity contribution in [1.29, 1.82) is 0 Å². The maximum atomic E-state index is 5.56. The van der Waals surface area contributed by atoms with E-state index in [-0.39, 0.29) is 0 Å². The number of aryl methyl sites for hydroxylation is 1. The van der Waals surface area contributed by atoms with E-state index in [2.05, 4.69) is 50.9 Å². The number of fused-ring (bicyclic) bond motifs is 1. The summed E-state index contributed by atoms with van der Waals surface area (Å²) >= 11 is 0. The van der Waals surface area contributed by atoms with Crippen molar-refractivity contribution in [3.8, 4) is 5.75 Å². The van der Waals surface area contributed by atoms with Gasteiger partial charge >= 0.3 is 0 Å². The second-order valence-electron chi connectivity index (χ2n) is 6.38. The first-order chi connectivity index (χ1) is 12.8. The average molecular weight is 356 g/mol. The van der Waals surface area contributed by atoms with Crippen molar-refractivity contribution in [3.05, 3.63) is 42.0 Å². The fraction of sp³-hybridized carbons (Fsp3) is 0.526. The first-order valence-corrected chi connectivity index (χ1v) is 9.44. The Morgan fingerprint density at radius 1 is 1.23 bits per heavy atom. The van der Waals surface area contributed by atoms with Gasteiger partial charge in [0, 0.05) is 32.6 Å². The predicted octanol–water partition coefficient (Wildman–Crippen LogP) is 1.79. The molecule has 0 fully saturated rings. The minimum absolute atomic E-state index is 0.811. The van der Waals surface area contributed by atoms with Gasteiger partial charge in [0.15, 0.2) is 5.96 Å². The van der Waals surface area contributed by atoms with Crippen LogP contribution in [-0.4, -0.2) is 47.0 Å². The number of aliphatic imine (C=N–C) groups is 1. The lowest BCUT2D eigenvalue weighted by molar-refractivity contribution is 0.357. The largest absolute Gasteiger partial charge is 0.493 e. The Hall–Kier alpha value is -2.57. The molecule has 1 aromatic heterocycles. The van der Waals surface area contributed by atoms with Crippen LogP contribution in [0.15, 0.2) is 35.8 Å². The van der Waals surface area contributed by atoms with Gasteiger partial charge < -0.3 is 19.9 Å². The molecule has 2 N–H and O–H groups in total. The predicted molar refractivity (Wildman–Crippen MR) is 103 cm³/mol. The number of hydrogen-bond donors (Lipinski definition) is 2. The third-order valence-corrected chi connectivity index (χ3v) is 4.37. The molecule has 0 radical (unpaired) electrons. The molecule has 0 saturated heterocycles. The molecule has 0 unspecified atom stereocenters. The molecule has 0 saturated carbocycles. The summed E-state index contributed by atoms with van der Waals surface area (Å²) in [5, 5.41) is 14.4. The van der Waals surface area contributed by atoms with Crippen LogP contribution in [0.25, 0.3) is 0 Å². The van der Waals surface area contributed by atoms with Gasteiger partial charge in [-0.3, -0.25) is 4.99 Å². The van der Waals surface area contributed by atoms with Crippen LogP contribution in [0.4, 0.5) is 0 Å². The van der Waals surface area contributed by atoms with Crippen molar-refractivity contribution in [1.82, 2.24) is 25.4 Å². The van der Waals surface area contributed by atoms with E-state index in [1.165, 1.54) is 11.1 Å². The number of benzene rings is 1. The van der Waals surface area contributed by atoms with Crippen LogP contribution in [0.2, 0.25) is 0 Å². The van der Waals surface area contributed by atoms with Crippen molar-refractivity contribution in [2.24, 2.45) is 4.99 Å². The van der Waals surface area contributed by atoms with Crippen LogP contribution in [0.1, 0.15) is 30.9 Å². The van der Waals surface area contributed by atoms with E-state index >= 15 is 0 Å². The number of ether oxygens (including phenoxy) is 1. The second kappa shape index (κ2) is 9.79. The summed E-state index contributed by atoms with van der Waals surface area (Å²) in [6.07, 6.45) is 7.61. The van der Waals surface area contributed by atoms with Crippen molar-refractivity contribution in [2.45, 2.75) is 39.2 Å². The Morgan fingerprint density at radius 2 is 2.12 bits per heavy atom. The van der Waals surface area contributed by atoms with Crippen molar-refractivity contribution < 1.29 is 4.74 Å². The highest BCUT2D eigenvalue weighted by molar-refractivity contribution is 5.79. The first-order valence-electron chi connectivity index (χ1n) is 9.44. The molecule has 1 aromatic carbocycles. The fourth-order valence-electron chi connectivity index (χ4n) is 3.00. The van der Waals surface area contributed by atoms with Crippen LogP contribution < -0.4 is 15.4 Å². The average Bonchev–Trinajstić information content (AvgIpc) is 3.32. The molecular formula is C19H28N6O. The third-order valence-electron chi connectivity index (χ3n) is 4.37. The quantitative estimate of drug-likeness (QED) is 0.407. The first kappa shape index (κ1) is 18.2. The topological polar surface area (TPSA) is 76.4 Å². The summed E-state index contributed by atoms with van der Waals surface area (Å²) in [5.41, 5.74) is 2.67. The monoisotopic (exact) mass is 356 g/mol. The van der Waals surface area contributed by atoms with Gasteiger partial charge in [0.1, 0.15) is 18.4 Å². The SMILES string of the molecule is CCNC(=NCCCCn1cnnc1)NCCc1ccc2c(c1)CCO2. The summed E-state index contributed by atoms with van der Waals surface area (Å²) in [4.78, 5) is 4.66. The molecule has 2 heterocycles. The summed E-state index contributed by atoms with van der Waals surface area (Å²) in [7, 11) is 0. The molecule has 3 rings (SSSR count). The van der Waals surface area contributed by atoms with E-state index in [4.69, 9.17) is 4.74 Å². The molecule has 0 aliphatic carbocycles. The maximum absolute atomic E-state index is 5.56. The van der Waals surface area contributed by atoms with Crippen LogP contribution in [0.5, 0.6) is 5.75 Å². The van der Waals surface area contributed by atoms with E-state index in [1.807, 2.05) is 4.57 Å². The lowest BCUT2D eigenvalue weighted by Crippen LogP contribution is -2.38. The molecule has 1 aliphatic heterocycles. The van der Waals surface area contributed by atoms with Crippen LogP contribution in [0, 0.1) is 0 Å². The zero-order valence-corrected chi connectivity index (χ0v) is 15.4. The van der Waals surface area contributed by atoms with Gasteiger partial charge in [0.05, 0.1) is 6.61 Å². The highest BCUT2D eigenvalue weighted by atomic mass is 16.5. The van der Waals surface area contributed by atoms with E-state index in [1.54, 1.807) is 12.7 Å². The summed E-state index contributed by atoms with van der Waals surface area (Å²) in [6.45, 7) is 6.38. The van der Waals surface area contributed by atoms with Gasteiger partial charge in [-0.25, -0.2) is 0 Å². The molecule has 0 amide bonds. The van der Waals surface area contributed by atoms with Crippen molar-refractivity contribution in [2.75, 3.05) is 26.2 Å². The Morgan fingerprint density at radius 3 is 2.96 bits per heavy atom. The van der Waals surface area contributed by atoms with Crippen LogP contribution in [-0.2, 0) is 19.4 Å². The van der Waals surface area contributed by atoms with Gasteiger partial charge in [0.25, 0.3) is 0 Å². The Bertz CT molecular complexity index is 698. The molecule has 7 nitrogen and oxygen atoms in total. The van der Waals surface area contributed by atoms with Crippen LogP contribution in [0.3, 0.4) is 0 Å². The Balaban J connectivity index is 1.38. The van der Waals surface area contributed by atoms with Gasteiger partial charge in [-0.2, -0.15) is 0 Å². The highest BCUT2D eigenvalue weighted by Crippen LogP contribution is 2.25. The zero-order chi connectivity index (χ0) is 18.0. The molecule has 0 bridgehead atoms. The van der Waals surface area contributed by atoms with E-state index in [0.717, 1.165) is 70.2 Å². The second-order valence-corrected chi connectivity index (χ2v) is 6.38. The minimum Gasteiger partial charge on any atom is -0.493 e. The minimum atomic E-state index is 0.811. The maximum Gasteiger partial charge on any atom is 0.191 e. The summed E-state index contributed by atoms with van der Waals surface area (Å²) in [6, 6.07) is 6.51. The summed E-state index contributed by atoms with van der Waals surface area (Å²) in [5.74, 6) is 1.93. The van der Waals surface area contributed by atoms with Crippen molar-refractivity contribution in [3.63, 3.8) is 0 Å². The number of guanidine groups is 1. The Labute approximate surface area is 154 Å². The summed E-state index contributed by atoms with van der Waals surface area (Å²) < 4.78 is 7.56. The van der Waals surface area contributed by atoms with E-state index < -0.39 is 0 Å². The van der Waals surface area contributed by atoms with Crippen LogP contribution >= 0.6 is 0 Å². The van der Waals surface area contributed by atoms with Crippen molar-refractivity contribution >= 4 is 5.96 Å². The normalized spacial score (nSPS) is 13.3. The lowest BCUT2D eigenvalue weighted by atomic mass is 10.1. The molecule has 1 aliphatic rings. The van der Waals surface area contributed by atoms with Gasteiger partial charge in [-0.15, -0.1) is 10.2 Å². The number of unbranched alkanes of at least 4 members (excludes halogenated alkanes) is 1. The number of hydrogen-bond acceptors (Lipinski definition) is 4. The number of nitrogens with one attached hydrogen (secondary N) is 2. The van der Waals surface area contributed by atoms with Gasteiger partial charge in [-0.1, -0.05) is 12.1 Å². The third kappa shape index (κ3) is 5.47. The van der Waals surface area contributed by atoms with Gasteiger partial charge in [0.2, 0.25) is 0 Å². The van der Waals surface area contributed by atoms with E-state index in [0.29, 0.717) is 0 Å². The molecular weight excluding hydrogens is 328 g/mol. The molecule has 0 atom stereocenters. The smallest absolute Gasteiger partial charge is 0.191 e. The lowest BCUT2D eigenvalue weighted by Gasteiger charge is -2.11.